The Hall–Kier alpha value is -2.54. The van der Waals surface area contributed by atoms with E-state index in [-0.39, 0.29) is 0 Å². The van der Waals surface area contributed by atoms with Crippen LogP contribution in [0.3, 0.4) is 0 Å². The summed E-state index contributed by atoms with van der Waals surface area (Å²) in [6.45, 7) is 3.03. The molecule has 0 bridgehead atoms. The Bertz CT molecular complexity index is 652. The van der Waals surface area contributed by atoms with Gasteiger partial charge in [-0.2, -0.15) is 5.26 Å². The summed E-state index contributed by atoms with van der Waals surface area (Å²) in [6, 6.07) is 14.3. The van der Waals surface area contributed by atoms with Gasteiger partial charge < -0.3 is 10.2 Å². The predicted octanol–water partition coefficient (Wildman–Crippen LogP) is 3.56. The summed E-state index contributed by atoms with van der Waals surface area (Å²) in [7, 11) is 0. The van der Waals surface area contributed by atoms with Gasteiger partial charge in [0.15, 0.2) is 0 Å². The molecule has 0 aliphatic carbocycles. The van der Waals surface area contributed by atoms with Crippen molar-refractivity contribution in [3.05, 3.63) is 53.7 Å². The molecule has 2 aromatic rings. The van der Waals surface area contributed by atoms with Gasteiger partial charge in [0.2, 0.25) is 0 Å². The number of anilines is 2. The number of benzene rings is 1. The zero-order valence-corrected chi connectivity index (χ0v) is 12.6. The van der Waals surface area contributed by atoms with E-state index < -0.39 is 0 Å². The molecule has 112 valence electrons. The average molecular weight is 292 g/mol. The number of nitriles is 1. The van der Waals surface area contributed by atoms with Crippen LogP contribution < -0.4 is 10.2 Å². The first-order valence-corrected chi connectivity index (χ1v) is 7.80. The van der Waals surface area contributed by atoms with E-state index in [4.69, 9.17) is 5.26 Å². The fourth-order valence-corrected chi connectivity index (χ4v) is 2.85. The SMILES string of the molecule is N#Cc1ccc(NCc2ccccc2N2CCCCC2)nc1. The van der Waals surface area contributed by atoms with Crippen LogP contribution in [0.5, 0.6) is 0 Å². The van der Waals surface area contributed by atoms with Gasteiger partial charge in [-0.3, -0.25) is 0 Å². The predicted molar refractivity (Wildman–Crippen MR) is 88.8 cm³/mol. The molecule has 0 radical (unpaired) electrons. The molecule has 0 saturated carbocycles. The van der Waals surface area contributed by atoms with Crippen molar-refractivity contribution in [2.75, 3.05) is 23.3 Å². The molecular formula is C18H20N4. The minimum atomic E-state index is 0.583. The molecule has 22 heavy (non-hydrogen) atoms. The Morgan fingerprint density at radius 3 is 2.64 bits per heavy atom. The standard InChI is InChI=1S/C18H20N4/c19-12-15-8-9-18(20-13-15)21-14-16-6-2-3-7-17(16)22-10-4-1-5-11-22/h2-3,6-9,13H,1,4-5,10-11,14H2,(H,20,21). The summed E-state index contributed by atoms with van der Waals surface area (Å²) in [5.41, 5.74) is 3.19. The summed E-state index contributed by atoms with van der Waals surface area (Å²) < 4.78 is 0. The molecule has 1 aliphatic rings. The van der Waals surface area contributed by atoms with Gasteiger partial charge in [-0.05, 0) is 43.0 Å². The van der Waals surface area contributed by atoms with Gasteiger partial charge >= 0.3 is 0 Å². The van der Waals surface area contributed by atoms with Gasteiger partial charge in [-0.1, -0.05) is 18.2 Å². The van der Waals surface area contributed by atoms with Crippen LogP contribution in [0.15, 0.2) is 42.6 Å². The molecule has 1 aromatic carbocycles. The Labute approximate surface area is 131 Å². The second kappa shape index (κ2) is 6.95. The second-order valence-corrected chi connectivity index (χ2v) is 5.57. The highest BCUT2D eigenvalue weighted by Gasteiger charge is 2.13. The number of pyridine rings is 1. The quantitative estimate of drug-likeness (QED) is 0.936. The van der Waals surface area contributed by atoms with Crippen molar-refractivity contribution in [1.29, 1.82) is 5.26 Å². The van der Waals surface area contributed by atoms with Gasteiger partial charge in [-0.15, -0.1) is 0 Å². The smallest absolute Gasteiger partial charge is 0.126 e. The molecule has 0 spiro atoms. The maximum Gasteiger partial charge on any atom is 0.126 e. The molecular weight excluding hydrogens is 272 g/mol. The van der Waals surface area contributed by atoms with E-state index in [1.54, 1.807) is 12.3 Å². The molecule has 0 amide bonds. The van der Waals surface area contributed by atoms with E-state index in [9.17, 15) is 0 Å². The van der Waals surface area contributed by atoms with Gasteiger partial charge in [0.05, 0.1) is 5.56 Å². The zero-order valence-electron chi connectivity index (χ0n) is 12.6. The Morgan fingerprint density at radius 1 is 1.09 bits per heavy atom. The highest BCUT2D eigenvalue weighted by molar-refractivity contribution is 5.55. The largest absolute Gasteiger partial charge is 0.371 e. The number of nitrogens with one attached hydrogen (secondary N) is 1. The summed E-state index contributed by atoms with van der Waals surface area (Å²) in [4.78, 5) is 6.74. The number of hydrogen-bond acceptors (Lipinski definition) is 4. The Morgan fingerprint density at radius 2 is 1.91 bits per heavy atom. The molecule has 2 heterocycles. The Balaban J connectivity index is 1.70. The first-order chi connectivity index (χ1) is 10.9. The third-order valence-electron chi connectivity index (χ3n) is 4.04. The van der Waals surface area contributed by atoms with Gasteiger partial charge in [0.25, 0.3) is 0 Å². The number of hydrogen-bond donors (Lipinski definition) is 1. The van der Waals surface area contributed by atoms with Crippen LogP contribution in [0.1, 0.15) is 30.4 Å². The maximum absolute atomic E-state index is 8.80. The maximum atomic E-state index is 8.80. The minimum absolute atomic E-state index is 0.583. The molecule has 1 N–H and O–H groups in total. The highest BCUT2D eigenvalue weighted by atomic mass is 15.1. The molecule has 4 nitrogen and oxygen atoms in total. The lowest BCUT2D eigenvalue weighted by Gasteiger charge is -2.30. The number of para-hydroxylation sites is 1. The number of piperidine rings is 1. The number of aromatic nitrogens is 1. The first-order valence-electron chi connectivity index (χ1n) is 7.80. The van der Waals surface area contributed by atoms with Crippen LogP contribution >= 0.6 is 0 Å². The van der Waals surface area contributed by atoms with E-state index in [0.717, 1.165) is 25.5 Å². The van der Waals surface area contributed by atoms with E-state index in [2.05, 4.69) is 45.5 Å². The summed E-state index contributed by atoms with van der Waals surface area (Å²) >= 11 is 0. The highest BCUT2D eigenvalue weighted by Crippen LogP contribution is 2.24. The van der Waals surface area contributed by atoms with Gasteiger partial charge in [-0.25, -0.2) is 4.98 Å². The number of nitrogens with zero attached hydrogens (tertiary/aromatic N) is 3. The molecule has 1 fully saturated rings. The molecule has 1 aliphatic heterocycles. The molecule has 3 rings (SSSR count). The minimum Gasteiger partial charge on any atom is -0.371 e. The lowest BCUT2D eigenvalue weighted by Crippen LogP contribution is -2.30. The lowest BCUT2D eigenvalue weighted by molar-refractivity contribution is 0.576. The monoisotopic (exact) mass is 292 g/mol. The van der Waals surface area contributed by atoms with Crippen molar-refractivity contribution in [3.63, 3.8) is 0 Å². The van der Waals surface area contributed by atoms with Crippen LogP contribution in [-0.4, -0.2) is 18.1 Å². The molecule has 4 heteroatoms. The van der Waals surface area contributed by atoms with Gasteiger partial charge in [0, 0.05) is 31.5 Å². The second-order valence-electron chi connectivity index (χ2n) is 5.57. The van der Waals surface area contributed by atoms with E-state index in [0.29, 0.717) is 5.56 Å². The molecule has 1 aromatic heterocycles. The van der Waals surface area contributed by atoms with Crippen molar-refractivity contribution in [2.24, 2.45) is 0 Å². The van der Waals surface area contributed by atoms with E-state index >= 15 is 0 Å². The molecule has 0 atom stereocenters. The van der Waals surface area contributed by atoms with Crippen molar-refractivity contribution < 1.29 is 0 Å². The van der Waals surface area contributed by atoms with Gasteiger partial charge in [0.1, 0.15) is 11.9 Å². The van der Waals surface area contributed by atoms with Crippen molar-refractivity contribution in [1.82, 2.24) is 4.98 Å². The van der Waals surface area contributed by atoms with Crippen LogP contribution in [0.25, 0.3) is 0 Å². The van der Waals surface area contributed by atoms with E-state index in [1.165, 1.54) is 30.5 Å². The summed E-state index contributed by atoms with van der Waals surface area (Å²) in [5, 5.41) is 12.1. The topological polar surface area (TPSA) is 52.0 Å². The fourth-order valence-electron chi connectivity index (χ4n) is 2.85. The number of rotatable bonds is 4. The Kier molecular flexibility index (Phi) is 4.55. The molecule has 0 unspecified atom stereocenters. The van der Waals surface area contributed by atoms with Crippen molar-refractivity contribution in [2.45, 2.75) is 25.8 Å². The third kappa shape index (κ3) is 3.37. The average Bonchev–Trinajstić information content (AvgIpc) is 2.61. The summed E-state index contributed by atoms with van der Waals surface area (Å²) in [6.07, 6.45) is 5.49. The lowest BCUT2D eigenvalue weighted by atomic mass is 10.1. The van der Waals surface area contributed by atoms with E-state index in [1.807, 2.05) is 6.07 Å². The molecule has 1 saturated heterocycles. The van der Waals surface area contributed by atoms with Crippen LogP contribution in [0, 0.1) is 11.3 Å². The van der Waals surface area contributed by atoms with Crippen LogP contribution in [0.2, 0.25) is 0 Å². The normalized spacial score (nSPS) is 14.4. The third-order valence-corrected chi connectivity index (χ3v) is 4.04. The van der Waals surface area contributed by atoms with Crippen LogP contribution in [-0.2, 0) is 6.54 Å². The van der Waals surface area contributed by atoms with Crippen LogP contribution in [0.4, 0.5) is 11.5 Å². The fraction of sp³-hybridized carbons (Fsp3) is 0.333. The summed E-state index contributed by atoms with van der Waals surface area (Å²) in [5.74, 6) is 0.799. The zero-order chi connectivity index (χ0) is 15.2. The van der Waals surface area contributed by atoms with Crippen molar-refractivity contribution in [3.8, 4) is 6.07 Å². The van der Waals surface area contributed by atoms with Crippen molar-refractivity contribution >= 4 is 11.5 Å². The first kappa shape index (κ1) is 14.4.